The molecule has 13 heteroatoms. The van der Waals surface area contributed by atoms with E-state index in [0.29, 0.717) is 17.2 Å². The van der Waals surface area contributed by atoms with Gasteiger partial charge in [-0.1, -0.05) is 6.92 Å². The molecule has 0 aromatic heterocycles. The highest BCUT2D eigenvalue weighted by atomic mass is 32.2. The second-order valence-corrected chi connectivity index (χ2v) is 12.3. The van der Waals surface area contributed by atoms with Gasteiger partial charge in [0.25, 0.3) is 15.9 Å². The van der Waals surface area contributed by atoms with Gasteiger partial charge in [0.05, 0.1) is 43.9 Å². The van der Waals surface area contributed by atoms with Crippen molar-refractivity contribution in [1.29, 1.82) is 0 Å². The van der Waals surface area contributed by atoms with Crippen LogP contribution in [-0.4, -0.2) is 88.4 Å². The SMILES string of the molecule is COc1ccc(NC(=O)N(C)C[C@H]2Oc3ccc(NS(=O)(=O)c4ccc(OC)cc4)cc3C(=O)N([C@H](C)CO)C[C@H]2C)cc1. The summed E-state index contributed by atoms with van der Waals surface area (Å²) in [6.45, 7) is 3.79. The van der Waals surface area contributed by atoms with Gasteiger partial charge in [-0.05, 0) is 73.7 Å². The predicted octanol–water partition coefficient (Wildman–Crippen LogP) is 3.89. The fraction of sp³-hybridized carbons (Fsp3) is 0.355. The van der Waals surface area contributed by atoms with Crippen molar-refractivity contribution in [3.8, 4) is 17.2 Å². The molecule has 44 heavy (non-hydrogen) atoms. The number of ether oxygens (including phenoxy) is 3. The first-order valence-corrected chi connectivity index (χ1v) is 15.5. The van der Waals surface area contributed by atoms with Gasteiger partial charge in [0.1, 0.15) is 23.4 Å². The van der Waals surface area contributed by atoms with Crippen molar-refractivity contribution in [1.82, 2.24) is 9.80 Å². The lowest BCUT2D eigenvalue weighted by molar-refractivity contribution is 0.0371. The highest BCUT2D eigenvalue weighted by Gasteiger charge is 2.34. The number of likely N-dealkylation sites (N-methyl/N-ethyl adjacent to an activating group) is 1. The number of urea groups is 1. The van der Waals surface area contributed by atoms with E-state index in [-0.39, 0.29) is 53.5 Å². The van der Waals surface area contributed by atoms with Crippen LogP contribution < -0.4 is 24.2 Å². The Kier molecular flexibility index (Phi) is 10.2. The Hall–Kier alpha value is -4.49. The summed E-state index contributed by atoms with van der Waals surface area (Å²) in [5.41, 5.74) is 0.884. The summed E-state index contributed by atoms with van der Waals surface area (Å²) in [4.78, 5) is 29.8. The second-order valence-electron chi connectivity index (χ2n) is 10.7. The van der Waals surface area contributed by atoms with Crippen LogP contribution >= 0.6 is 0 Å². The lowest BCUT2D eigenvalue weighted by Gasteiger charge is -2.38. The molecule has 0 unspecified atom stereocenters. The number of nitrogens with zero attached hydrogens (tertiary/aromatic N) is 2. The number of benzene rings is 3. The molecule has 0 radical (unpaired) electrons. The number of carbonyl (C=O) groups excluding carboxylic acids is 2. The third-order valence-electron chi connectivity index (χ3n) is 7.43. The Morgan fingerprint density at radius 3 is 2.23 bits per heavy atom. The van der Waals surface area contributed by atoms with Gasteiger partial charge in [-0.2, -0.15) is 0 Å². The maximum Gasteiger partial charge on any atom is 0.321 e. The van der Waals surface area contributed by atoms with E-state index in [9.17, 15) is 23.1 Å². The minimum absolute atomic E-state index is 0.0213. The normalized spacial score (nSPS) is 17.3. The molecule has 1 aliphatic rings. The van der Waals surface area contributed by atoms with Crippen LogP contribution in [0, 0.1) is 5.92 Å². The number of anilines is 2. The number of hydrogen-bond donors (Lipinski definition) is 3. The van der Waals surface area contributed by atoms with Crippen LogP contribution in [0.15, 0.2) is 71.6 Å². The molecule has 3 aromatic carbocycles. The fourth-order valence-corrected chi connectivity index (χ4v) is 5.77. The standard InChI is InChI=1S/C31H38N4O8S/c1-20-17-35(21(2)19-36)30(37)27-16-23(33-44(39,40)26-13-11-25(42-5)12-14-26)8-15-28(27)43-29(20)18-34(3)31(38)32-22-6-9-24(41-4)10-7-22/h6-16,20-21,29,33,36H,17-19H2,1-5H3,(H,32,38)/t20-,21-,29-/m1/s1. The largest absolute Gasteiger partial charge is 0.497 e. The number of amides is 3. The summed E-state index contributed by atoms with van der Waals surface area (Å²) in [6, 6.07) is 16.4. The number of hydrogen-bond acceptors (Lipinski definition) is 8. The molecule has 0 aliphatic carbocycles. The number of sulfonamides is 1. The van der Waals surface area contributed by atoms with Crippen LogP contribution in [-0.2, 0) is 10.0 Å². The number of methoxy groups -OCH3 is 2. The summed E-state index contributed by atoms with van der Waals surface area (Å²) < 4.78 is 45.3. The average Bonchev–Trinajstić information content (AvgIpc) is 3.02. The van der Waals surface area contributed by atoms with Crippen molar-refractivity contribution in [3.63, 3.8) is 0 Å². The Labute approximate surface area is 257 Å². The maximum atomic E-state index is 13.7. The first-order chi connectivity index (χ1) is 20.9. The van der Waals surface area contributed by atoms with E-state index in [1.807, 2.05) is 6.92 Å². The Bertz CT molecular complexity index is 1560. The number of aliphatic hydroxyl groups excluding tert-OH is 1. The van der Waals surface area contributed by atoms with Crippen LogP contribution in [0.5, 0.6) is 17.2 Å². The quantitative estimate of drug-likeness (QED) is 0.307. The van der Waals surface area contributed by atoms with Crippen molar-refractivity contribution < 1.29 is 37.3 Å². The molecule has 3 aromatic rings. The molecule has 0 saturated carbocycles. The van der Waals surface area contributed by atoms with Gasteiger partial charge in [-0.25, -0.2) is 13.2 Å². The zero-order valence-electron chi connectivity index (χ0n) is 25.3. The summed E-state index contributed by atoms with van der Waals surface area (Å²) in [5.74, 6) is 0.768. The van der Waals surface area contributed by atoms with Gasteiger partial charge in [-0.3, -0.25) is 9.52 Å². The molecule has 1 aliphatic heterocycles. The third kappa shape index (κ3) is 7.53. The van der Waals surface area contributed by atoms with Crippen LogP contribution in [0.4, 0.5) is 16.2 Å². The molecule has 0 fully saturated rings. The molecule has 12 nitrogen and oxygen atoms in total. The van der Waals surface area contributed by atoms with E-state index >= 15 is 0 Å². The van der Waals surface area contributed by atoms with Crippen molar-refractivity contribution in [2.45, 2.75) is 30.9 Å². The summed E-state index contributed by atoms with van der Waals surface area (Å²) >= 11 is 0. The maximum absolute atomic E-state index is 13.7. The molecule has 236 valence electrons. The second kappa shape index (κ2) is 13.9. The van der Waals surface area contributed by atoms with Crippen LogP contribution in [0.25, 0.3) is 0 Å². The van der Waals surface area contributed by atoms with Crippen molar-refractivity contribution >= 4 is 33.3 Å². The number of fused-ring (bicyclic) bond motifs is 1. The van der Waals surface area contributed by atoms with E-state index in [4.69, 9.17) is 14.2 Å². The average molecular weight is 627 g/mol. The number of nitrogens with one attached hydrogen (secondary N) is 2. The van der Waals surface area contributed by atoms with Crippen LogP contribution in [0.3, 0.4) is 0 Å². The molecular formula is C31H38N4O8S. The Morgan fingerprint density at radius 1 is 1.05 bits per heavy atom. The molecule has 1 heterocycles. The third-order valence-corrected chi connectivity index (χ3v) is 8.83. The summed E-state index contributed by atoms with van der Waals surface area (Å²) in [7, 11) is 0.716. The number of aliphatic hydroxyl groups is 1. The zero-order chi connectivity index (χ0) is 32.0. The highest BCUT2D eigenvalue weighted by Crippen LogP contribution is 2.31. The van der Waals surface area contributed by atoms with Gasteiger partial charge in [0.15, 0.2) is 0 Å². The molecule has 4 rings (SSSR count). The van der Waals surface area contributed by atoms with Gasteiger partial charge in [-0.15, -0.1) is 0 Å². The minimum atomic E-state index is -3.98. The van der Waals surface area contributed by atoms with E-state index in [1.54, 1.807) is 45.3 Å². The molecule has 0 bridgehead atoms. The lowest BCUT2D eigenvalue weighted by atomic mass is 9.99. The monoisotopic (exact) mass is 626 g/mol. The molecule has 0 spiro atoms. The highest BCUT2D eigenvalue weighted by molar-refractivity contribution is 7.92. The molecule has 3 amide bonds. The topological polar surface area (TPSA) is 147 Å². The summed E-state index contributed by atoms with van der Waals surface area (Å²) in [5, 5.41) is 12.8. The van der Waals surface area contributed by atoms with Gasteiger partial charge < -0.3 is 34.4 Å². The zero-order valence-corrected chi connectivity index (χ0v) is 26.1. The first-order valence-electron chi connectivity index (χ1n) is 14.0. The number of carbonyl (C=O) groups is 2. The van der Waals surface area contributed by atoms with Crippen molar-refractivity contribution in [2.24, 2.45) is 5.92 Å². The Morgan fingerprint density at radius 2 is 1.64 bits per heavy atom. The molecule has 0 saturated heterocycles. The summed E-state index contributed by atoms with van der Waals surface area (Å²) in [6.07, 6.45) is -0.538. The predicted molar refractivity (Wildman–Crippen MR) is 166 cm³/mol. The minimum Gasteiger partial charge on any atom is -0.497 e. The van der Waals surface area contributed by atoms with E-state index in [0.717, 1.165) is 0 Å². The van der Waals surface area contributed by atoms with Crippen molar-refractivity contribution in [3.05, 3.63) is 72.3 Å². The molecule has 3 N–H and O–H groups in total. The Balaban J connectivity index is 1.59. The van der Waals surface area contributed by atoms with Crippen molar-refractivity contribution in [2.75, 3.05) is 51.0 Å². The first kappa shape index (κ1) is 32.4. The lowest BCUT2D eigenvalue weighted by Crippen LogP contribution is -2.50. The molecule has 3 atom stereocenters. The van der Waals surface area contributed by atoms with Gasteiger partial charge >= 0.3 is 6.03 Å². The van der Waals surface area contributed by atoms with Gasteiger partial charge in [0, 0.05) is 30.9 Å². The molecular weight excluding hydrogens is 588 g/mol. The fourth-order valence-electron chi connectivity index (χ4n) is 4.72. The van der Waals surface area contributed by atoms with E-state index in [1.165, 1.54) is 59.4 Å². The van der Waals surface area contributed by atoms with Crippen LogP contribution in [0.2, 0.25) is 0 Å². The smallest absolute Gasteiger partial charge is 0.321 e. The van der Waals surface area contributed by atoms with Crippen LogP contribution in [0.1, 0.15) is 24.2 Å². The van der Waals surface area contributed by atoms with E-state index < -0.39 is 28.1 Å². The van der Waals surface area contributed by atoms with Gasteiger partial charge in [0.2, 0.25) is 0 Å². The number of rotatable bonds is 10. The van der Waals surface area contributed by atoms with E-state index in [2.05, 4.69) is 10.0 Å².